The molecule has 0 aliphatic rings. The van der Waals surface area contributed by atoms with Gasteiger partial charge in [0.15, 0.2) is 25.0 Å². The zero-order valence-electron chi connectivity index (χ0n) is 20.3. The molecule has 1 N–H and O–H groups in total. The molecule has 0 bridgehead atoms. The van der Waals surface area contributed by atoms with Gasteiger partial charge >= 0.3 is 8.80 Å². The molecule has 0 radical (unpaired) electrons. The van der Waals surface area contributed by atoms with Gasteiger partial charge in [-0.15, -0.1) is 0 Å². The molecule has 0 saturated heterocycles. The van der Waals surface area contributed by atoms with Crippen LogP contribution in [-0.4, -0.2) is 58.2 Å². The number of aliphatic hydroxyl groups is 1. The Balaban J connectivity index is 5.80. The molecule has 0 saturated carbocycles. The predicted octanol–water partition coefficient (Wildman–Crippen LogP) is 5.60. The summed E-state index contributed by atoms with van der Waals surface area (Å²) in [5.41, 5.74) is 1.01. The Kier molecular flexibility index (Phi) is 11.3. The van der Waals surface area contributed by atoms with Crippen LogP contribution in [0.2, 0.25) is 64.5 Å². The molecule has 0 aliphatic carbocycles. The third kappa shape index (κ3) is 12.9. The van der Waals surface area contributed by atoms with Crippen LogP contribution in [-0.2, 0) is 17.1 Å². The topological polar surface area (TPSA) is 57.2 Å². The minimum Gasteiger partial charge on any atom is -0.417 e. The van der Waals surface area contributed by atoms with Crippen molar-refractivity contribution >= 4 is 33.8 Å². The van der Waals surface area contributed by atoms with Crippen LogP contribution in [0, 0.1) is 0 Å². The molecule has 0 aromatic rings. The van der Waals surface area contributed by atoms with Gasteiger partial charge in [0.25, 0.3) is 0 Å². The van der Waals surface area contributed by atoms with Gasteiger partial charge in [-0.05, 0) is 78.7 Å². The minimum atomic E-state index is -3.00. The third-order valence-electron chi connectivity index (χ3n) is 3.55. The molecule has 0 amide bonds. The summed E-state index contributed by atoms with van der Waals surface area (Å²) < 4.78 is 26.0. The average molecular weight is 467 g/mol. The normalized spacial score (nSPS) is 16.1. The fourth-order valence-corrected chi connectivity index (χ4v) is 17.8. The van der Waals surface area contributed by atoms with Gasteiger partial charge in [-0.2, -0.15) is 0 Å². The van der Waals surface area contributed by atoms with Gasteiger partial charge in [0.1, 0.15) is 0 Å². The van der Waals surface area contributed by atoms with Crippen molar-refractivity contribution in [1.82, 2.24) is 0 Å². The molecule has 2 unspecified atom stereocenters. The molecule has 5 nitrogen and oxygen atoms in total. The van der Waals surface area contributed by atoms with Crippen LogP contribution in [0.15, 0.2) is 12.2 Å². The molecule has 0 aliphatic heterocycles. The molecular weight excluding hydrogens is 421 g/mol. The fraction of sp³-hybridized carbons (Fsp3) is 0.895. The summed E-state index contributed by atoms with van der Waals surface area (Å²) in [5.74, 6) is 0. The standard InChI is InChI=1S/C19H46O5Si4/c1-13-19(14-18(20)16-21-15-17(2)3)28(22-25(4,5)6,23-26(7,8)9)24-27(10,11)12/h18-20H,2,13-16H2,1,3-12H3. The lowest BCUT2D eigenvalue weighted by Gasteiger charge is -2.46. The van der Waals surface area contributed by atoms with Crippen molar-refractivity contribution in [2.45, 2.75) is 97.3 Å². The lowest BCUT2D eigenvalue weighted by Crippen LogP contribution is -2.63. The Morgan fingerprint density at radius 3 is 1.54 bits per heavy atom. The minimum absolute atomic E-state index is 0.0566. The summed E-state index contributed by atoms with van der Waals surface area (Å²) in [7, 11) is -8.80. The Bertz CT molecular complexity index is 439. The number of ether oxygens (including phenoxy) is 1. The number of hydrogen-bond donors (Lipinski definition) is 1. The molecule has 9 heteroatoms. The van der Waals surface area contributed by atoms with E-state index in [0.29, 0.717) is 19.6 Å². The molecule has 28 heavy (non-hydrogen) atoms. The highest BCUT2D eigenvalue weighted by molar-refractivity contribution is 6.90. The van der Waals surface area contributed by atoms with E-state index in [1.165, 1.54) is 0 Å². The quantitative estimate of drug-likeness (QED) is 0.266. The average Bonchev–Trinajstić information content (AvgIpc) is 2.38. The van der Waals surface area contributed by atoms with Crippen molar-refractivity contribution in [2.75, 3.05) is 13.2 Å². The van der Waals surface area contributed by atoms with Crippen molar-refractivity contribution in [1.29, 1.82) is 0 Å². The summed E-state index contributed by atoms with van der Waals surface area (Å²) in [6.45, 7) is 28.4. The second-order valence-corrected chi connectivity index (χ2v) is 27.9. The van der Waals surface area contributed by atoms with Gasteiger partial charge in [0.05, 0.1) is 19.3 Å². The van der Waals surface area contributed by atoms with Crippen molar-refractivity contribution in [3.05, 3.63) is 12.2 Å². The molecule has 0 spiro atoms. The molecule has 0 heterocycles. The molecule has 168 valence electrons. The van der Waals surface area contributed by atoms with E-state index < -0.39 is 39.9 Å². The van der Waals surface area contributed by atoms with Crippen LogP contribution in [0.5, 0.6) is 0 Å². The summed E-state index contributed by atoms with van der Waals surface area (Å²) in [5, 5.41) is 10.7. The zero-order valence-corrected chi connectivity index (χ0v) is 24.3. The van der Waals surface area contributed by atoms with E-state index in [-0.39, 0.29) is 5.54 Å². The van der Waals surface area contributed by atoms with E-state index in [4.69, 9.17) is 17.1 Å². The smallest absolute Gasteiger partial charge is 0.417 e. The highest BCUT2D eigenvalue weighted by Crippen LogP contribution is 2.39. The van der Waals surface area contributed by atoms with Crippen LogP contribution < -0.4 is 0 Å². The van der Waals surface area contributed by atoms with Gasteiger partial charge in [0.2, 0.25) is 0 Å². The van der Waals surface area contributed by atoms with Gasteiger partial charge in [-0.3, -0.25) is 0 Å². The van der Waals surface area contributed by atoms with E-state index in [1.807, 2.05) is 6.92 Å². The second kappa shape index (κ2) is 11.1. The molecule has 2 atom stereocenters. The number of hydrogen-bond acceptors (Lipinski definition) is 5. The fourth-order valence-electron chi connectivity index (χ4n) is 2.92. The molecule has 0 fully saturated rings. The zero-order chi connectivity index (χ0) is 22.4. The first-order valence-corrected chi connectivity index (χ1v) is 22.4. The van der Waals surface area contributed by atoms with Crippen LogP contribution in [0.25, 0.3) is 0 Å². The van der Waals surface area contributed by atoms with Gasteiger partial charge in [0, 0.05) is 5.54 Å². The largest absolute Gasteiger partial charge is 0.472 e. The highest BCUT2D eigenvalue weighted by Gasteiger charge is 2.55. The Labute approximate surface area is 178 Å². The van der Waals surface area contributed by atoms with Crippen LogP contribution >= 0.6 is 0 Å². The van der Waals surface area contributed by atoms with Crippen LogP contribution in [0.1, 0.15) is 26.7 Å². The Morgan fingerprint density at radius 2 is 1.25 bits per heavy atom. The molecule has 0 aromatic carbocycles. The molecular formula is C19H46O5Si4. The van der Waals surface area contributed by atoms with Crippen molar-refractivity contribution in [3.63, 3.8) is 0 Å². The van der Waals surface area contributed by atoms with E-state index in [2.05, 4.69) is 72.4 Å². The van der Waals surface area contributed by atoms with E-state index in [9.17, 15) is 5.11 Å². The van der Waals surface area contributed by atoms with Gasteiger partial charge in [-0.25, -0.2) is 0 Å². The predicted molar refractivity (Wildman–Crippen MR) is 129 cm³/mol. The maximum atomic E-state index is 10.7. The summed E-state index contributed by atoms with van der Waals surface area (Å²) in [6.07, 6.45) is 0.846. The highest BCUT2D eigenvalue weighted by atomic mass is 28.5. The van der Waals surface area contributed by atoms with E-state index in [1.54, 1.807) is 0 Å². The van der Waals surface area contributed by atoms with E-state index >= 15 is 0 Å². The first-order chi connectivity index (χ1) is 12.4. The Hall–Kier alpha value is 0.408. The summed E-state index contributed by atoms with van der Waals surface area (Å²) >= 11 is 0. The van der Waals surface area contributed by atoms with Crippen LogP contribution in [0.4, 0.5) is 0 Å². The first kappa shape index (κ1) is 28.4. The second-order valence-electron chi connectivity index (χ2n) is 10.7. The molecule has 0 aromatic heterocycles. The number of rotatable bonds is 14. The first-order valence-electron chi connectivity index (χ1n) is 10.4. The van der Waals surface area contributed by atoms with Crippen LogP contribution in [0.3, 0.4) is 0 Å². The third-order valence-corrected chi connectivity index (χ3v) is 16.0. The maximum Gasteiger partial charge on any atom is 0.472 e. The van der Waals surface area contributed by atoms with Crippen molar-refractivity contribution in [3.8, 4) is 0 Å². The Morgan fingerprint density at radius 1 is 0.857 bits per heavy atom. The van der Waals surface area contributed by atoms with Gasteiger partial charge < -0.3 is 22.2 Å². The molecule has 0 rings (SSSR count). The lowest BCUT2D eigenvalue weighted by atomic mass is 10.1. The summed E-state index contributed by atoms with van der Waals surface area (Å²) in [6, 6.07) is 0. The SMILES string of the molecule is C=C(C)COCC(O)CC(CC)[Si](O[Si](C)(C)C)(O[Si](C)(C)C)O[Si](C)(C)C. The lowest BCUT2D eigenvalue weighted by molar-refractivity contribution is 0.0373. The van der Waals surface area contributed by atoms with Gasteiger partial charge in [-0.1, -0.05) is 19.1 Å². The van der Waals surface area contributed by atoms with Crippen molar-refractivity contribution in [2.24, 2.45) is 0 Å². The monoisotopic (exact) mass is 466 g/mol. The van der Waals surface area contributed by atoms with E-state index in [0.717, 1.165) is 12.0 Å². The maximum absolute atomic E-state index is 10.7. The van der Waals surface area contributed by atoms with Crippen molar-refractivity contribution < 1.29 is 22.2 Å². The number of aliphatic hydroxyl groups excluding tert-OH is 1. The summed E-state index contributed by atoms with van der Waals surface area (Å²) in [4.78, 5) is 0.